The third kappa shape index (κ3) is 3.51. The predicted molar refractivity (Wildman–Crippen MR) is 81.9 cm³/mol. The van der Waals surface area contributed by atoms with Crippen molar-refractivity contribution in [3.05, 3.63) is 28.5 Å². The first-order valence-electron chi connectivity index (χ1n) is 6.01. The average molecular weight is 388 g/mol. The molecular weight excluding hydrogens is 371 g/mol. The standard InChI is InChI=1S/C12H16BrFN2O2S.ClH/c1-16(11(7-15)8-2-3-8)19(17,18)12-5-4-9(13)6-10(12)14;/h4-6,8,11H,2-3,7,15H2,1H3;1H. The van der Waals surface area contributed by atoms with Gasteiger partial charge in [-0.15, -0.1) is 12.4 Å². The number of likely N-dealkylation sites (N-methyl/N-ethyl adjacent to an activating group) is 1. The molecule has 8 heteroatoms. The molecule has 2 N–H and O–H groups in total. The van der Waals surface area contributed by atoms with Crippen molar-refractivity contribution in [1.82, 2.24) is 4.31 Å². The van der Waals surface area contributed by atoms with Gasteiger partial charge in [0.2, 0.25) is 10.0 Å². The minimum Gasteiger partial charge on any atom is -0.329 e. The van der Waals surface area contributed by atoms with Gasteiger partial charge in [-0.05, 0) is 37.0 Å². The van der Waals surface area contributed by atoms with Gasteiger partial charge in [-0.3, -0.25) is 0 Å². The Labute approximate surface area is 133 Å². The van der Waals surface area contributed by atoms with E-state index in [9.17, 15) is 12.8 Å². The van der Waals surface area contributed by atoms with Crippen LogP contribution in [-0.2, 0) is 10.0 Å². The number of hydrogen-bond donors (Lipinski definition) is 1. The molecule has 4 nitrogen and oxygen atoms in total. The molecule has 1 aliphatic carbocycles. The zero-order valence-electron chi connectivity index (χ0n) is 10.9. The van der Waals surface area contributed by atoms with Gasteiger partial charge in [0.1, 0.15) is 10.7 Å². The predicted octanol–water partition coefficient (Wildman–Crippen LogP) is 2.37. The maximum absolute atomic E-state index is 13.8. The summed E-state index contributed by atoms with van der Waals surface area (Å²) in [6.45, 7) is 0.249. The van der Waals surface area contributed by atoms with Crippen LogP contribution in [0.25, 0.3) is 0 Å². The lowest BCUT2D eigenvalue weighted by molar-refractivity contribution is 0.339. The average Bonchev–Trinajstić information content (AvgIpc) is 3.13. The molecule has 0 radical (unpaired) electrons. The molecule has 1 saturated carbocycles. The molecule has 114 valence electrons. The fourth-order valence-corrected chi connectivity index (χ4v) is 3.94. The van der Waals surface area contributed by atoms with E-state index in [1.165, 1.54) is 23.5 Å². The van der Waals surface area contributed by atoms with Gasteiger partial charge in [-0.2, -0.15) is 4.31 Å². The normalized spacial score (nSPS) is 16.9. The second-order valence-electron chi connectivity index (χ2n) is 4.74. The Bertz CT molecular complexity index is 581. The van der Waals surface area contributed by atoms with Crippen LogP contribution >= 0.6 is 28.3 Å². The van der Waals surface area contributed by atoms with E-state index < -0.39 is 15.8 Å². The minimum absolute atomic E-state index is 0. The first kappa shape index (κ1) is 17.8. The van der Waals surface area contributed by atoms with Gasteiger partial charge in [0.05, 0.1) is 0 Å². The van der Waals surface area contributed by atoms with Crippen LogP contribution in [0.4, 0.5) is 4.39 Å². The van der Waals surface area contributed by atoms with Crippen LogP contribution in [0.3, 0.4) is 0 Å². The van der Waals surface area contributed by atoms with E-state index in [0.717, 1.165) is 18.9 Å². The second-order valence-corrected chi connectivity index (χ2v) is 7.62. The lowest BCUT2D eigenvalue weighted by Crippen LogP contribution is -2.43. The number of hydrogen-bond acceptors (Lipinski definition) is 3. The lowest BCUT2D eigenvalue weighted by atomic mass is 10.2. The summed E-state index contributed by atoms with van der Waals surface area (Å²) in [7, 11) is -2.38. The highest BCUT2D eigenvalue weighted by molar-refractivity contribution is 9.10. The molecule has 2 rings (SSSR count). The van der Waals surface area contributed by atoms with E-state index in [4.69, 9.17) is 5.73 Å². The Morgan fingerprint density at radius 1 is 1.50 bits per heavy atom. The summed E-state index contributed by atoms with van der Waals surface area (Å²) in [5.41, 5.74) is 5.64. The fraction of sp³-hybridized carbons (Fsp3) is 0.500. The van der Waals surface area contributed by atoms with E-state index in [2.05, 4.69) is 15.9 Å². The smallest absolute Gasteiger partial charge is 0.246 e. The van der Waals surface area contributed by atoms with Crippen LogP contribution in [0.2, 0.25) is 0 Å². The summed E-state index contributed by atoms with van der Waals surface area (Å²) >= 11 is 3.11. The maximum Gasteiger partial charge on any atom is 0.246 e. The van der Waals surface area contributed by atoms with E-state index in [0.29, 0.717) is 10.4 Å². The molecule has 0 aromatic heterocycles. The van der Waals surface area contributed by atoms with Gasteiger partial charge < -0.3 is 5.73 Å². The molecule has 1 aliphatic rings. The topological polar surface area (TPSA) is 63.4 Å². The molecule has 0 bridgehead atoms. The van der Waals surface area contributed by atoms with E-state index in [1.807, 2.05) is 0 Å². The first-order chi connectivity index (χ1) is 8.87. The largest absolute Gasteiger partial charge is 0.329 e. The van der Waals surface area contributed by atoms with Crippen LogP contribution in [0.5, 0.6) is 0 Å². The van der Waals surface area contributed by atoms with E-state index in [-0.39, 0.29) is 29.9 Å². The van der Waals surface area contributed by atoms with E-state index >= 15 is 0 Å². The third-order valence-electron chi connectivity index (χ3n) is 3.43. The molecular formula is C12H17BrClFN2O2S. The van der Waals surface area contributed by atoms with Gasteiger partial charge in [0, 0.05) is 24.1 Å². The van der Waals surface area contributed by atoms with Gasteiger partial charge >= 0.3 is 0 Å². The Kier molecular flexibility index (Phi) is 5.98. The minimum atomic E-state index is -3.85. The van der Waals surface area contributed by atoms with Crippen molar-refractivity contribution in [1.29, 1.82) is 0 Å². The number of benzene rings is 1. The molecule has 0 spiro atoms. The van der Waals surface area contributed by atoms with Crippen molar-refractivity contribution in [3.63, 3.8) is 0 Å². The van der Waals surface area contributed by atoms with Crippen molar-refractivity contribution in [2.45, 2.75) is 23.8 Å². The van der Waals surface area contributed by atoms with Gasteiger partial charge in [0.25, 0.3) is 0 Å². The molecule has 0 aliphatic heterocycles. The Morgan fingerprint density at radius 3 is 2.55 bits per heavy atom. The van der Waals surface area contributed by atoms with Gasteiger partial charge in [-0.1, -0.05) is 15.9 Å². The van der Waals surface area contributed by atoms with Crippen molar-refractivity contribution in [2.24, 2.45) is 11.7 Å². The Balaban J connectivity index is 0.00000200. The number of nitrogens with two attached hydrogens (primary N) is 1. The SMILES string of the molecule is CN(C(CN)C1CC1)S(=O)(=O)c1ccc(Br)cc1F.Cl. The summed E-state index contributed by atoms with van der Waals surface area (Å²) in [4.78, 5) is -0.308. The fourth-order valence-electron chi connectivity index (χ4n) is 2.14. The van der Waals surface area contributed by atoms with Crippen molar-refractivity contribution < 1.29 is 12.8 Å². The summed E-state index contributed by atoms with van der Waals surface area (Å²) in [5.74, 6) is -0.462. The zero-order chi connectivity index (χ0) is 14.2. The van der Waals surface area contributed by atoms with Crippen LogP contribution in [0, 0.1) is 11.7 Å². The van der Waals surface area contributed by atoms with Gasteiger partial charge in [0.15, 0.2) is 0 Å². The zero-order valence-corrected chi connectivity index (χ0v) is 14.1. The van der Waals surface area contributed by atoms with E-state index in [1.54, 1.807) is 0 Å². The number of nitrogens with zero attached hydrogens (tertiary/aromatic N) is 1. The summed E-state index contributed by atoms with van der Waals surface area (Å²) < 4.78 is 40.4. The molecule has 20 heavy (non-hydrogen) atoms. The summed E-state index contributed by atoms with van der Waals surface area (Å²) in [6, 6.07) is 3.67. The number of halogens is 3. The quantitative estimate of drug-likeness (QED) is 0.843. The molecule has 0 amide bonds. The number of sulfonamides is 1. The van der Waals surface area contributed by atoms with Gasteiger partial charge in [-0.25, -0.2) is 12.8 Å². The molecule has 1 aromatic carbocycles. The van der Waals surface area contributed by atoms with Crippen molar-refractivity contribution in [2.75, 3.05) is 13.6 Å². The van der Waals surface area contributed by atoms with Crippen molar-refractivity contribution >= 4 is 38.4 Å². The molecule has 0 heterocycles. The molecule has 1 unspecified atom stereocenters. The highest BCUT2D eigenvalue weighted by Crippen LogP contribution is 2.36. The van der Waals surface area contributed by atoms with Crippen LogP contribution in [-0.4, -0.2) is 32.4 Å². The number of rotatable bonds is 5. The molecule has 0 saturated heterocycles. The van der Waals surface area contributed by atoms with Crippen LogP contribution in [0.15, 0.2) is 27.6 Å². The first-order valence-corrected chi connectivity index (χ1v) is 8.24. The van der Waals surface area contributed by atoms with Crippen LogP contribution < -0.4 is 5.73 Å². The Morgan fingerprint density at radius 2 is 2.10 bits per heavy atom. The summed E-state index contributed by atoms with van der Waals surface area (Å²) in [6.07, 6.45) is 1.95. The molecule has 1 atom stereocenters. The monoisotopic (exact) mass is 386 g/mol. The summed E-state index contributed by atoms with van der Waals surface area (Å²) in [5, 5.41) is 0. The van der Waals surface area contributed by atoms with Crippen molar-refractivity contribution in [3.8, 4) is 0 Å². The highest BCUT2D eigenvalue weighted by Gasteiger charge is 2.38. The highest BCUT2D eigenvalue weighted by atomic mass is 79.9. The Hall–Kier alpha value is -0.210. The lowest BCUT2D eigenvalue weighted by Gasteiger charge is -2.26. The molecule has 1 aromatic rings. The van der Waals surface area contributed by atoms with Crippen LogP contribution in [0.1, 0.15) is 12.8 Å². The molecule has 1 fully saturated rings. The maximum atomic E-state index is 13.8. The second kappa shape index (κ2) is 6.70. The third-order valence-corrected chi connectivity index (χ3v) is 5.83.